The van der Waals surface area contributed by atoms with Gasteiger partial charge in [-0.05, 0) is 59.5 Å². The molecule has 0 aliphatic heterocycles. The van der Waals surface area contributed by atoms with E-state index < -0.39 is 0 Å². The second kappa shape index (κ2) is 13.9. The highest BCUT2D eigenvalue weighted by molar-refractivity contribution is 6.00. The predicted octanol–water partition coefficient (Wildman–Crippen LogP) is 8.46. The Balaban J connectivity index is 1.46. The Kier molecular flexibility index (Phi) is 9.11. The van der Waals surface area contributed by atoms with Crippen LogP contribution in [0.1, 0.15) is 29.2 Å². The van der Waals surface area contributed by atoms with Gasteiger partial charge in [0.25, 0.3) is 0 Å². The van der Waals surface area contributed by atoms with Gasteiger partial charge in [0.2, 0.25) is 17.1 Å². The first-order chi connectivity index (χ1) is 22.4. The number of amides is 1. The second-order valence-corrected chi connectivity index (χ2v) is 10.9. The van der Waals surface area contributed by atoms with Gasteiger partial charge in [0.15, 0.2) is 22.8 Å². The SMILES string of the molecule is CC(=O)Nc1cc(C)cc2c(=O)c(OCc3ccccc3)c(-c3ccc(OCc4ccccc4)c(OCc4ccccc4)c3)oc12. The third-order valence-electron chi connectivity index (χ3n) is 7.31. The van der Waals surface area contributed by atoms with Gasteiger partial charge in [-0.15, -0.1) is 0 Å². The number of nitrogens with one attached hydrogen (secondary N) is 1. The Hall–Kier alpha value is -5.82. The molecule has 6 aromatic rings. The zero-order valence-corrected chi connectivity index (χ0v) is 25.6. The minimum absolute atomic E-state index is 0.0580. The van der Waals surface area contributed by atoms with Gasteiger partial charge in [-0.1, -0.05) is 91.0 Å². The molecule has 1 amide bonds. The van der Waals surface area contributed by atoms with E-state index >= 15 is 0 Å². The zero-order valence-electron chi connectivity index (χ0n) is 25.6. The molecular formula is C39H33NO6. The molecule has 7 heteroatoms. The summed E-state index contributed by atoms with van der Waals surface area (Å²) in [5.74, 6) is 0.996. The number of anilines is 1. The van der Waals surface area contributed by atoms with Crippen LogP contribution in [0.2, 0.25) is 0 Å². The number of carbonyl (C=O) groups is 1. The van der Waals surface area contributed by atoms with E-state index in [2.05, 4.69) is 5.32 Å². The summed E-state index contributed by atoms with van der Waals surface area (Å²) in [5.41, 5.74) is 4.54. The number of rotatable bonds is 11. The molecule has 46 heavy (non-hydrogen) atoms. The Morgan fingerprint density at radius 2 is 1.22 bits per heavy atom. The first-order valence-corrected chi connectivity index (χ1v) is 15.0. The average Bonchev–Trinajstić information content (AvgIpc) is 3.07. The Bertz CT molecular complexity index is 2020. The van der Waals surface area contributed by atoms with Crippen LogP contribution in [0.5, 0.6) is 17.2 Å². The number of benzene rings is 5. The van der Waals surface area contributed by atoms with Crippen LogP contribution in [-0.4, -0.2) is 5.91 Å². The van der Waals surface area contributed by atoms with Crippen LogP contribution in [0.3, 0.4) is 0 Å². The van der Waals surface area contributed by atoms with E-state index in [9.17, 15) is 9.59 Å². The van der Waals surface area contributed by atoms with Crippen molar-refractivity contribution in [1.82, 2.24) is 0 Å². The second-order valence-electron chi connectivity index (χ2n) is 10.9. The van der Waals surface area contributed by atoms with Gasteiger partial charge in [-0.3, -0.25) is 9.59 Å². The summed E-state index contributed by atoms with van der Waals surface area (Å²) < 4.78 is 25.2. The van der Waals surface area contributed by atoms with Crippen LogP contribution in [0, 0.1) is 6.92 Å². The van der Waals surface area contributed by atoms with E-state index in [0.29, 0.717) is 41.3 Å². The van der Waals surface area contributed by atoms with Crippen molar-refractivity contribution in [2.45, 2.75) is 33.7 Å². The molecule has 0 saturated carbocycles. The van der Waals surface area contributed by atoms with Gasteiger partial charge in [0.1, 0.15) is 19.8 Å². The van der Waals surface area contributed by atoms with E-state index in [-0.39, 0.29) is 35.0 Å². The number of aryl methyl sites for hydroxylation is 1. The van der Waals surface area contributed by atoms with Crippen molar-refractivity contribution in [3.63, 3.8) is 0 Å². The lowest BCUT2D eigenvalue weighted by Gasteiger charge is -2.17. The molecular weight excluding hydrogens is 578 g/mol. The molecule has 0 atom stereocenters. The smallest absolute Gasteiger partial charge is 0.235 e. The molecule has 0 aliphatic rings. The molecule has 0 saturated heterocycles. The number of fused-ring (bicyclic) bond motifs is 1. The highest BCUT2D eigenvalue weighted by Gasteiger charge is 2.22. The van der Waals surface area contributed by atoms with Crippen LogP contribution in [0.15, 0.2) is 131 Å². The molecule has 1 aromatic heterocycles. The standard InChI is InChI=1S/C39H33NO6/c1-26-20-32-36(42)39(45-25-30-16-10-5-11-17-30)37(46-38(32)33(21-26)40-27(2)41)31-18-19-34(43-23-28-12-6-3-7-13-28)35(22-31)44-24-29-14-8-4-9-15-29/h3-22H,23-25H2,1-2H3,(H,40,41). The maximum atomic E-state index is 14.1. The molecule has 230 valence electrons. The summed E-state index contributed by atoms with van der Waals surface area (Å²) in [5, 5.41) is 3.11. The largest absolute Gasteiger partial charge is 0.485 e. The monoisotopic (exact) mass is 611 g/mol. The average molecular weight is 612 g/mol. The summed E-state index contributed by atoms with van der Waals surface area (Å²) in [7, 11) is 0. The molecule has 0 bridgehead atoms. The fraction of sp³-hybridized carbons (Fsp3) is 0.128. The molecule has 5 aromatic carbocycles. The molecule has 0 unspecified atom stereocenters. The molecule has 0 aliphatic carbocycles. The summed E-state index contributed by atoms with van der Waals surface area (Å²) >= 11 is 0. The molecule has 6 rings (SSSR count). The topological polar surface area (TPSA) is 87.0 Å². The Morgan fingerprint density at radius 3 is 1.78 bits per heavy atom. The number of hydrogen-bond acceptors (Lipinski definition) is 6. The van der Waals surface area contributed by atoms with E-state index in [0.717, 1.165) is 22.3 Å². The minimum atomic E-state index is -0.348. The van der Waals surface area contributed by atoms with Gasteiger partial charge < -0.3 is 23.9 Å². The van der Waals surface area contributed by atoms with E-state index in [1.165, 1.54) is 6.92 Å². The van der Waals surface area contributed by atoms with Gasteiger partial charge in [-0.2, -0.15) is 0 Å². The van der Waals surface area contributed by atoms with Crippen molar-refractivity contribution in [3.05, 3.63) is 154 Å². The lowest BCUT2D eigenvalue weighted by molar-refractivity contribution is -0.114. The predicted molar refractivity (Wildman–Crippen MR) is 179 cm³/mol. The molecule has 1 N–H and O–H groups in total. The highest BCUT2D eigenvalue weighted by Crippen LogP contribution is 2.39. The van der Waals surface area contributed by atoms with Crippen molar-refractivity contribution in [2.24, 2.45) is 0 Å². The molecule has 0 radical (unpaired) electrons. The molecule has 7 nitrogen and oxygen atoms in total. The summed E-state index contributed by atoms with van der Waals surface area (Å²) in [6, 6.07) is 38.2. The minimum Gasteiger partial charge on any atom is -0.485 e. The van der Waals surface area contributed by atoms with E-state index in [4.69, 9.17) is 18.6 Å². The number of ether oxygens (including phenoxy) is 3. The third kappa shape index (κ3) is 7.11. The third-order valence-corrected chi connectivity index (χ3v) is 7.31. The van der Waals surface area contributed by atoms with Gasteiger partial charge >= 0.3 is 0 Å². The summed E-state index contributed by atoms with van der Waals surface area (Å²) in [6.07, 6.45) is 0. The highest BCUT2D eigenvalue weighted by atomic mass is 16.5. The van der Waals surface area contributed by atoms with Crippen molar-refractivity contribution >= 4 is 22.6 Å². The molecule has 1 heterocycles. The van der Waals surface area contributed by atoms with Gasteiger partial charge in [0.05, 0.1) is 11.1 Å². The van der Waals surface area contributed by atoms with Crippen molar-refractivity contribution in [1.29, 1.82) is 0 Å². The van der Waals surface area contributed by atoms with Crippen molar-refractivity contribution in [3.8, 4) is 28.6 Å². The lowest BCUT2D eigenvalue weighted by Crippen LogP contribution is -2.13. The number of hydrogen-bond donors (Lipinski definition) is 1. The molecule has 0 fully saturated rings. The van der Waals surface area contributed by atoms with Crippen LogP contribution in [-0.2, 0) is 24.6 Å². The molecule has 0 spiro atoms. The van der Waals surface area contributed by atoms with Crippen LogP contribution in [0.4, 0.5) is 5.69 Å². The van der Waals surface area contributed by atoms with Gasteiger partial charge in [0, 0.05) is 12.5 Å². The first-order valence-electron chi connectivity index (χ1n) is 15.0. The van der Waals surface area contributed by atoms with E-state index in [1.54, 1.807) is 30.3 Å². The van der Waals surface area contributed by atoms with Crippen molar-refractivity contribution in [2.75, 3.05) is 5.32 Å². The lowest BCUT2D eigenvalue weighted by atomic mass is 10.1. The van der Waals surface area contributed by atoms with Crippen LogP contribution in [0.25, 0.3) is 22.3 Å². The summed E-state index contributed by atoms with van der Waals surface area (Å²) in [6.45, 7) is 4.07. The van der Waals surface area contributed by atoms with Crippen LogP contribution < -0.4 is 25.0 Å². The maximum Gasteiger partial charge on any atom is 0.235 e. The fourth-order valence-electron chi connectivity index (χ4n) is 5.11. The van der Waals surface area contributed by atoms with Crippen LogP contribution >= 0.6 is 0 Å². The first kappa shape index (κ1) is 30.2. The normalized spacial score (nSPS) is 10.8. The summed E-state index contributed by atoms with van der Waals surface area (Å²) in [4.78, 5) is 26.2. The fourth-order valence-corrected chi connectivity index (χ4v) is 5.11. The number of carbonyl (C=O) groups excluding carboxylic acids is 1. The van der Waals surface area contributed by atoms with Crippen molar-refractivity contribution < 1.29 is 23.4 Å². The zero-order chi connectivity index (χ0) is 31.9. The van der Waals surface area contributed by atoms with Gasteiger partial charge in [-0.25, -0.2) is 0 Å². The quantitative estimate of drug-likeness (QED) is 0.158. The maximum absolute atomic E-state index is 14.1. The Labute approximate surface area is 267 Å². The van der Waals surface area contributed by atoms with E-state index in [1.807, 2.05) is 97.9 Å². The Morgan fingerprint density at radius 1 is 0.674 bits per heavy atom.